The second-order valence-corrected chi connectivity index (χ2v) is 20.5. The Labute approximate surface area is 283 Å². The van der Waals surface area contributed by atoms with E-state index in [4.69, 9.17) is 19.3 Å². The van der Waals surface area contributed by atoms with E-state index in [2.05, 4.69) is 76.3 Å². The second-order valence-electron chi connectivity index (χ2n) is 15.0. The third kappa shape index (κ3) is 8.06. The summed E-state index contributed by atoms with van der Waals surface area (Å²) in [5.74, 6) is 4.31. The molecule has 3 heterocycles. The molecule has 2 aromatic heterocycles. The van der Waals surface area contributed by atoms with Crippen LogP contribution in [-0.4, -0.2) is 70.5 Å². The van der Waals surface area contributed by atoms with Crippen molar-refractivity contribution in [3.63, 3.8) is 0 Å². The minimum Gasteiger partial charge on any atom is -0.472 e. The largest absolute Gasteiger partial charge is 0.472 e. The maximum absolute atomic E-state index is 12.6. The molecule has 0 radical (unpaired) electrons. The number of benzene rings is 1. The van der Waals surface area contributed by atoms with Crippen LogP contribution in [0.15, 0.2) is 24.4 Å². The zero-order valence-electron chi connectivity index (χ0n) is 30.8. The summed E-state index contributed by atoms with van der Waals surface area (Å²) >= 11 is 0. The molecule has 1 amide bonds. The first-order chi connectivity index (χ1) is 22.1. The van der Waals surface area contributed by atoms with E-state index in [1.165, 1.54) is 0 Å². The highest BCUT2D eigenvalue weighted by atomic mass is 28.3. The van der Waals surface area contributed by atoms with Crippen molar-refractivity contribution in [3.05, 3.63) is 30.1 Å². The normalized spacial score (nSPS) is 16.4. The van der Waals surface area contributed by atoms with Crippen LogP contribution in [-0.2, 0) is 16.0 Å². The van der Waals surface area contributed by atoms with Crippen LogP contribution in [0.2, 0.25) is 16.6 Å². The Morgan fingerprint density at radius 3 is 2.36 bits per heavy atom. The lowest BCUT2D eigenvalue weighted by Gasteiger charge is -2.38. The van der Waals surface area contributed by atoms with Crippen molar-refractivity contribution in [1.29, 1.82) is 0 Å². The summed E-state index contributed by atoms with van der Waals surface area (Å²) in [6.07, 6.45) is 4.21. The number of ether oxygens (including phenoxy) is 3. The molecule has 1 aliphatic heterocycles. The summed E-state index contributed by atoms with van der Waals surface area (Å²) in [7, 11) is -0.254. The van der Waals surface area contributed by atoms with Crippen molar-refractivity contribution in [2.75, 3.05) is 20.2 Å². The molecular formula is C37H57N5O4Si. The van der Waals surface area contributed by atoms with Crippen molar-refractivity contribution >= 4 is 25.1 Å². The van der Waals surface area contributed by atoms with Crippen molar-refractivity contribution in [2.24, 2.45) is 0 Å². The highest BCUT2D eigenvalue weighted by Gasteiger charge is 2.42. The fraction of sp³-hybridized carbons (Fsp3) is 0.649. The van der Waals surface area contributed by atoms with Crippen molar-refractivity contribution in [3.8, 4) is 28.5 Å². The molecule has 0 saturated carbocycles. The number of fused-ring (bicyclic) bond motifs is 1. The molecule has 10 heteroatoms. The van der Waals surface area contributed by atoms with Gasteiger partial charge in [0.2, 0.25) is 5.88 Å². The molecule has 4 rings (SSSR count). The molecule has 47 heavy (non-hydrogen) atoms. The van der Waals surface area contributed by atoms with Gasteiger partial charge >= 0.3 is 6.09 Å². The molecule has 1 aliphatic rings. The van der Waals surface area contributed by atoms with Gasteiger partial charge in [0, 0.05) is 25.6 Å². The number of aromatic nitrogens is 4. The number of carbonyl (C=O) groups is 1. The molecule has 1 unspecified atom stereocenters. The van der Waals surface area contributed by atoms with E-state index in [1.54, 1.807) is 11.9 Å². The number of hydrogen-bond donors (Lipinski definition) is 0. The molecule has 1 fully saturated rings. The summed E-state index contributed by atoms with van der Waals surface area (Å²) in [6, 6.07) is 6.42. The summed E-state index contributed by atoms with van der Waals surface area (Å²) in [5, 5.41) is 10.8. The number of rotatable bonds is 10. The van der Waals surface area contributed by atoms with E-state index in [1.807, 2.05) is 50.2 Å². The van der Waals surface area contributed by atoms with Crippen molar-refractivity contribution < 1.29 is 19.0 Å². The maximum atomic E-state index is 12.6. The van der Waals surface area contributed by atoms with Gasteiger partial charge in [0.05, 0.1) is 23.8 Å². The van der Waals surface area contributed by atoms with Crippen molar-refractivity contribution in [2.45, 2.75) is 137 Å². The molecule has 3 aromatic rings. The van der Waals surface area contributed by atoms with Gasteiger partial charge in [0.1, 0.15) is 25.5 Å². The SMILES string of the molecule is CCn1ncc(-c2ccc3c(c2)c(C#C[Si](C(C)C)(C(C)C)C(C)C)nn3C2CCCCO2)c1O[C@@H](C)CN(C)C(=O)OC(C)(C)C. The van der Waals surface area contributed by atoms with Crippen LogP contribution >= 0.6 is 0 Å². The zero-order valence-corrected chi connectivity index (χ0v) is 31.8. The van der Waals surface area contributed by atoms with E-state index < -0.39 is 13.7 Å². The van der Waals surface area contributed by atoms with Crippen LogP contribution in [0.25, 0.3) is 22.0 Å². The molecule has 258 valence electrons. The van der Waals surface area contributed by atoms with Crippen LogP contribution in [0.1, 0.15) is 107 Å². The lowest BCUT2D eigenvalue weighted by molar-refractivity contribution is -0.0367. The van der Waals surface area contributed by atoms with E-state index in [0.717, 1.165) is 53.6 Å². The standard InChI is InChI=1S/C37H57N5O4Si/c1-13-41-35(45-28(8)24-40(12)36(43)46-37(9,10)11)31(23-38-41)29-17-18-33-30(22-29)32(39-42(33)34-16-14-15-20-44-34)19-21-47(25(2)3,26(4)5)27(6)7/h17-18,22-23,25-28,34H,13-16,20,24H2,1-12H3/t28-,34?/m0/s1. The van der Waals surface area contributed by atoms with Gasteiger partial charge in [-0.15, -0.1) is 5.54 Å². The summed E-state index contributed by atoms with van der Waals surface area (Å²) in [5.41, 5.74) is 8.59. The van der Waals surface area contributed by atoms with E-state index in [0.29, 0.717) is 35.6 Å². The summed E-state index contributed by atoms with van der Waals surface area (Å²) in [4.78, 5) is 14.2. The Bertz CT molecular complexity index is 1560. The number of likely N-dealkylation sites (N-methyl/N-ethyl adjacent to an activating group) is 1. The number of hydrogen-bond acceptors (Lipinski definition) is 6. The number of aryl methyl sites for hydroxylation is 1. The summed E-state index contributed by atoms with van der Waals surface area (Å²) in [6.45, 7) is 25.4. The average molecular weight is 664 g/mol. The molecule has 0 spiro atoms. The van der Waals surface area contributed by atoms with Gasteiger partial charge in [-0.05, 0) is 88.2 Å². The molecule has 0 bridgehead atoms. The third-order valence-corrected chi connectivity index (χ3v) is 15.6. The average Bonchev–Trinajstić information content (AvgIpc) is 3.57. The molecular weight excluding hydrogens is 607 g/mol. The smallest absolute Gasteiger partial charge is 0.410 e. The fourth-order valence-corrected chi connectivity index (χ4v) is 12.3. The molecule has 0 aliphatic carbocycles. The zero-order chi connectivity index (χ0) is 34.7. The van der Waals surface area contributed by atoms with Gasteiger partial charge in [0.15, 0.2) is 6.23 Å². The first-order valence-corrected chi connectivity index (χ1v) is 19.7. The highest BCUT2D eigenvalue weighted by molar-refractivity contribution is 6.90. The Balaban J connectivity index is 1.77. The van der Waals surface area contributed by atoms with Gasteiger partial charge in [-0.3, -0.25) is 0 Å². The van der Waals surface area contributed by atoms with Gasteiger partial charge in [0.25, 0.3) is 0 Å². The van der Waals surface area contributed by atoms with Gasteiger partial charge in [-0.1, -0.05) is 53.5 Å². The molecule has 1 aromatic carbocycles. The molecule has 0 N–H and O–H groups in total. The highest BCUT2D eigenvalue weighted by Crippen LogP contribution is 2.41. The number of amides is 1. The Kier molecular flexibility index (Phi) is 11.6. The Morgan fingerprint density at radius 1 is 1.11 bits per heavy atom. The maximum Gasteiger partial charge on any atom is 0.410 e. The summed E-state index contributed by atoms with van der Waals surface area (Å²) < 4.78 is 22.2. The fourth-order valence-electron chi connectivity index (χ4n) is 7.09. The minimum absolute atomic E-state index is 0.0977. The van der Waals surface area contributed by atoms with Gasteiger partial charge < -0.3 is 19.1 Å². The Hall–Kier alpha value is -3.29. The molecule has 9 nitrogen and oxygen atoms in total. The van der Waals surface area contributed by atoms with E-state index in [9.17, 15) is 4.79 Å². The topological polar surface area (TPSA) is 83.6 Å². The van der Waals surface area contributed by atoms with E-state index in [-0.39, 0.29) is 18.4 Å². The lowest BCUT2D eigenvalue weighted by atomic mass is 10.1. The van der Waals surface area contributed by atoms with E-state index >= 15 is 0 Å². The molecule has 2 atom stereocenters. The van der Waals surface area contributed by atoms with Crippen molar-refractivity contribution in [1.82, 2.24) is 24.5 Å². The molecule has 1 saturated heterocycles. The second kappa shape index (κ2) is 14.9. The third-order valence-electron chi connectivity index (χ3n) is 9.35. The van der Waals surface area contributed by atoms with Crippen LogP contribution in [0, 0.1) is 11.5 Å². The van der Waals surface area contributed by atoms with Crippen LogP contribution in [0.4, 0.5) is 4.79 Å². The number of nitrogens with zero attached hydrogens (tertiary/aromatic N) is 5. The van der Waals surface area contributed by atoms with Crippen LogP contribution < -0.4 is 4.74 Å². The van der Waals surface area contributed by atoms with Gasteiger partial charge in [-0.2, -0.15) is 10.2 Å². The van der Waals surface area contributed by atoms with Gasteiger partial charge in [-0.25, -0.2) is 14.2 Å². The number of carbonyl (C=O) groups excluding carboxylic acids is 1. The first-order valence-electron chi connectivity index (χ1n) is 17.4. The van der Waals surface area contributed by atoms with Crippen LogP contribution in [0.3, 0.4) is 0 Å². The van der Waals surface area contributed by atoms with Crippen LogP contribution in [0.5, 0.6) is 5.88 Å². The predicted molar refractivity (Wildman–Crippen MR) is 192 cm³/mol. The Morgan fingerprint density at radius 2 is 1.79 bits per heavy atom. The predicted octanol–water partition coefficient (Wildman–Crippen LogP) is 8.82. The minimum atomic E-state index is -1.98. The monoisotopic (exact) mass is 663 g/mol. The lowest BCUT2D eigenvalue weighted by Crippen LogP contribution is -2.43. The first kappa shape index (κ1) is 36.5. The quantitative estimate of drug-likeness (QED) is 0.159.